The normalized spacial score (nSPS) is 10.4. The maximum Gasteiger partial charge on any atom is 0.284 e. The number of aryl methyl sites for hydroxylation is 2. The van der Waals surface area contributed by atoms with Crippen LogP contribution >= 0.6 is 0 Å². The highest BCUT2D eigenvalue weighted by atomic mass is 16.6. The summed E-state index contributed by atoms with van der Waals surface area (Å²) in [6.07, 6.45) is 0. The lowest BCUT2D eigenvalue weighted by atomic mass is 10.0. The van der Waals surface area contributed by atoms with E-state index in [0.29, 0.717) is 17.3 Å². The number of methoxy groups -OCH3 is 1. The number of rotatable bonds is 3. The Kier molecular flexibility index (Phi) is 3.06. The molecule has 0 spiro atoms. The third kappa shape index (κ3) is 2.07. The maximum atomic E-state index is 11.1. The average molecular weight is 247 g/mol. The van der Waals surface area contributed by atoms with Gasteiger partial charge in [0.25, 0.3) is 11.6 Å². The summed E-state index contributed by atoms with van der Waals surface area (Å²) in [6, 6.07) is 6.61. The summed E-state index contributed by atoms with van der Waals surface area (Å²) in [7, 11) is 1.48. The fourth-order valence-electron chi connectivity index (χ4n) is 1.72. The van der Waals surface area contributed by atoms with Gasteiger partial charge in [-0.3, -0.25) is 10.1 Å². The van der Waals surface area contributed by atoms with Crippen molar-refractivity contribution in [3.8, 4) is 17.3 Å². The van der Waals surface area contributed by atoms with Crippen LogP contribution < -0.4 is 4.74 Å². The molecule has 5 heteroatoms. The summed E-state index contributed by atoms with van der Waals surface area (Å²) in [6.45, 7) is 3.75. The van der Waals surface area contributed by atoms with Gasteiger partial charge < -0.3 is 9.15 Å². The van der Waals surface area contributed by atoms with E-state index >= 15 is 0 Å². The highest BCUT2D eigenvalue weighted by molar-refractivity contribution is 5.71. The van der Waals surface area contributed by atoms with Crippen molar-refractivity contribution in [3.05, 3.63) is 45.5 Å². The number of nitro groups is 1. The van der Waals surface area contributed by atoms with Gasteiger partial charge in [0.1, 0.15) is 5.76 Å². The van der Waals surface area contributed by atoms with Crippen LogP contribution in [0, 0.1) is 24.0 Å². The Hall–Kier alpha value is -2.30. The summed E-state index contributed by atoms with van der Waals surface area (Å²) < 4.78 is 10.3. The highest BCUT2D eigenvalue weighted by Gasteiger charge is 2.19. The fourth-order valence-corrected chi connectivity index (χ4v) is 1.72. The van der Waals surface area contributed by atoms with E-state index in [1.807, 2.05) is 13.8 Å². The SMILES string of the molecule is COc1ccc(-c2cc(C)c(C)cc2[N+](=O)[O-])o1. The minimum absolute atomic E-state index is 0.0371. The number of ether oxygens (including phenoxy) is 1. The van der Waals surface area contributed by atoms with Crippen molar-refractivity contribution < 1.29 is 14.1 Å². The second-order valence-electron chi connectivity index (χ2n) is 4.03. The quantitative estimate of drug-likeness (QED) is 0.615. The number of nitro benzene ring substituents is 1. The van der Waals surface area contributed by atoms with Crippen molar-refractivity contribution in [2.75, 3.05) is 7.11 Å². The van der Waals surface area contributed by atoms with Crippen LogP contribution in [-0.2, 0) is 0 Å². The largest absolute Gasteiger partial charge is 0.468 e. The molecule has 0 unspecified atom stereocenters. The second kappa shape index (κ2) is 4.52. The van der Waals surface area contributed by atoms with Gasteiger partial charge in [-0.05, 0) is 37.1 Å². The Morgan fingerprint density at radius 2 is 1.89 bits per heavy atom. The summed E-state index contributed by atoms with van der Waals surface area (Å²) >= 11 is 0. The lowest BCUT2D eigenvalue weighted by molar-refractivity contribution is -0.384. The number of nitrogens with zero attached hydrogens (tertiary/aromatic N) is 1. The molecule has 0 fully saturated rings. The molecule has 0 radical (unpaired) electrons. The van der Waals surface area contributed by atoms with E-state index in [2.05, 4.69) is 0 Å². The van der Waals surface area contributed by atoms with Gasteiger partial charge in [-0.15, -0.1) is 0 Å². The zero-order chi connectivity index (χ0) is 13.3. The molecule has 94 valence electrons. The van der Waals surface area contributed by atoms with Crippen LogP contribution in [0.4, 0.5) is 5.69 Å². The smallest absolute Gasteiger partial charge is 0.284 e. The number of furan rings is 1. The third-order valence-electron chi connectivity index (χ3n) is 2.86. The molecule has 0 N–H and O–H groups in total. The molecule has 0 saturated carbocycles. The van der Waals surface area contributed by atoms with Crippen molar-refractivity contribution >= 4 is 5.69 Å². The highest BCUT2D eigenvalue weighted by Crippen LogP contribution is 2.35. The zero-order valence-corrected chi connectivity index (χ0v) is 10.4. The molecular weight excluding hydrogens is 234 g/mol. The molecule has 0 atom stereocenters. The van der Waals surface area contributed by atoms with Crippen molar-refractivity contribution in [1.82, 2.24) is 0 Å². The van der Waals surface area contributed by atoms with E-state index < -0.39 is 4.92 Å². The molecule has 0 bridgehead atoms. The van der Waals surface area contributed by atoms with E-state index in [4.69, 9.17) is 9.15 Å². The first-order valence-electron chi connectivity index (χ1n) is 5.42. The molecule has 0 amide bonds. The second-order valence-corrected chi connectivity index (χ2v) is 4.03. The minimum atomic E-state index is -0.406. The fraction of sp³-hybridized carbons (Fsp3) is 0.231. The summed E-state index contributed by atoms with van der Waals surface area (Å²) in [5.41, 5.74) is 2.36. The van der Waals surface area contributed by atoms with Gasteiger partial charge >= 0.3 is 0 Å². The van der Waals surface area contributed by atoms with Gasteiger partial charge in [0.05, 0.1) is 17.6 Å². The molecule has 2 aromatic rings. The molecule has 0 aliphatic rings. The number of hydrogen-bond donors (Lipinski definition) is 0. The van der Waals surface area contributed by atoms with Gasteiger partial charge in [0.15, 0.2) is 0 Å². The van der Waals surface area contributed by atoms with Gasteiger partial charge in [-0.2, -0.15) is 0 Å². The molecule has 1 aromatic heterocycles. The Morgan fingerprint density at radius 3 is 2.44 bits per heavy atom. The van der Waals surface area contributed by atoms with E-state index in [1.165, 1.54) is 7.11 Å². The van der Waals surface area contributed by atoms with Gasteiger partial charge in [0.2, 0.25) is 0 Å². The molecule has 0 aliphatic heterocycles. The predicted molar refractivity (Wildman–Crippen MR) is 66.8 cm³/mol. The molecule has 2 rings (SSSR count). The lowest BCUT2D eigenvalue weighted by Crippen LogP contribution is -1.94. The number of benzene rings is 1. The van der Waals surface area contributed by atoms with Crippen LogP contribution in [-0.4, -0.2) is 12.0 Å². The van der Waals surface area contributed by atoms with Crippen LogP contribution in [0.15, 0.2) is 28.7 Å². The average Bonchev–Trinajstić information content (AvgIpc) is 2.80. The Balaban J connectivity index is 2.61. The molecule has 0 saturated heterocycles. The van der Waals surface area contributed by atoms with Gasteiger partial charge in [0, 0.05) is 12.1 Å². The monoisotopic (exact) mass is 247 g/mol. The Morgan fingerprint density at radius 1 is 1.22 bits per heavy atom. The number of hydrogen-bond acceptors (Lipinski definition) is 4. The summed E-state index contributed by atoms with van der Waals surface area (Å²) in [5, 5.41) is 11.1. The van der Waals surface area contributed by atoms with Crippen LogP contribution in [0.1, 0.15) is 11.1 Å². The van der Waals surface area contributed by atoms with Crippen molar-refractivity contribution in [2.45, 2.75) is 13.8 Å². The third-order valence-corrected chi connectivity index (χ3v) is 2.86. The van der Waals surface area contributed by atoms with Crippen LogP contribution in [0.2, 0.25) is 0 Å². The molecule has 0 aliphatic carbocycles. The van der Waals surface area contributed by atoms with E-state index in [0.717, 1.165) is 11.1 Å². The minimum Gasteiger partial charge on any atom is -0.468 e. The molecule has 1 heterocycles. The Bertz CT molecular complexity index is 601. The molecule has 18 heavy (non-hydrogen) atoms. The predicted octanol–water partition coefficient (Wildman–Crippen LogP) is 3.48. The van der Waals surface area contributed by atoms with E-state index in [9.17, 15) is 10.1 Å². The van der Waals surface area contributed by atoms with Gasteiger partial charge in [-0.25, -0.2) is 0 Å². The van der Waals surface area contributed by atoms with Crippen LogP contribution in [0.3, 0.4) is 0 Å². The Labute approximate surface area is 104 Å². The standard InChI is InChI=1S/C13H13NO4/c1-8-6-10(11(14(15)16)7-9(8)2)12-4-5-13(17-3)18-12/h4-7H,1-3H3. The van der Waals surface area contributed by atoms with Gasteiger partial charge in [-0.1, -0.05) is 0 Å². The van der Waals surface area contributed by atoms with Crippen molar-refractivity contribution in [3.63, 3.8) is 0 Å². The van der Waals surface area contributed by atoms with Crippen LogP contribution in [0.5, 0.6) is 5.95 Å². The summed E-state index contributed by atoms with van der Waals surface area (Å²) in [4.78, 5) is 10.7. The molecular formula is C13H13NO4. The van der Waals surface area contributed by atoms with Crippen molar-refractivity contribution in [2.24, 2.45) is 0 Å². The zero-order valence-electron chi connectivity index (χ0n) is 10.4. The van der Waals surface area contributed by atoms with Crippen molar-refractivity contribution in [1.29, 1.82) is 0 Å². The first-order valence-corrected chi connectivity index (χ1v) is 5.42. The molecule has 5 nitrogen and oxygen atoms in total. The lowest BCUT2D eigenvalue weighted by Gasteiger charge is -2.04. The van der Waals surface area contributed by atoms with E-state index in [1.54, 1.807) is 24.3 Å². The first-order chi connectivity index (χ1) is 8.52. The van der Waals surface area contributed by atoms with Crippen LogP contribution in [0.25, 0.3) is 11.3 Å². The molecule has 1 aromatic carbocycles. The summed E-state index contributed by atoms with van der Waals surface area (Å²) in [5.74, 6) is 0.763. The van der Waals surface area contributed by atoms with E-state index in [-0.39, 0.29) is 5.69 Å². The topological polar surface area (TPSA) is 65.5 Å². The first kappa shape index (κ1) is 12.2. The maximum absolute atomic E-state index is 11.1.